The molecule has 1 heterocycles. The highest BCUT2D eigenvalue weighted by Crippen LogP contribution is 2.21. The molecule has 78 valence electrons. The largest absolute Gasteiger partial charge is 0.438 e. The van der Waals surface area contributed by atoms with Gasteiger partial charge >= 0.3 is 0 Å². The molecule has 1 unspecified atom stereocenters. The van der Waals surface area contributed by atoms with Gasteiger partial charge in [-0.1, -0.05) is 13.8 Å². The molecule has 0 radical (unpaired) electrons. The van der Waals surface area contributed by atoms with Crippen LogP contribution in [0.5, 0.6) is 0 Å². The van der Waals surface area contributed by atoms with Gasteiger partial charge in [-0.3, -0.25) is 4.79 Å². The van der Waals surface area contributed by atoms with Gasteiger partial charge in [0, 0.05) is 19.2 Å². The van der Waals surface area contributed by atoms with Gasteiger partial charge in [-0.15, -0.1) is 0 Å². The van der Waals surface area contributed by atoms with Crippen LogP contribution in [0.25, 0.3) is 0 Å². The van der Waals surface area contributed by atoms with Gasteiger partial charge in [0.15, 0.2) is 17.9 Å². The molecule has 0 N–H and O–H groups in total. The van der Waals surface area contributed by atoms with Crippen molar-refractivity contribution in [1.82, 2.24) is 0 Å². The molecule has 0 fully saturated rings. The number of carbonyl (C=O) groups is 1. The Labute approximate surface area is 84.7 Å². The van der Waals surface area contributed by atoms with Crippen molar-refractivity contribution >= 4 is 12.2 Å². The van der Waals surface area contributed by atoms with E-state index in [9.17, 15) is 4.79 Å². The van der Waals surface area contributed by atoms with E-state index in [0.29, 0.717) is 17.7 Å². The van der Waals surface area contributed by atoms with Crippen molar-refractivity contribution in [3.8, 4) is 0 Å². The van der Waals surface area contributed by atoms with Gasteiger partial charge in [-0.2, -0.15) is 0 Å². The molecule has 3 nitrogen and oxygen atoms in total. The minimum atomic E-state index is 0.378. The maximum Gasteiger partial charge on any atom is 0.196 e. The van der Waals surface area contributed by atoms with E-state index < -0.39 is 0 Å². The Morgan fingerprint density at radius 2 is 2.00 bits per heavy atom. The molecule has 0 aliphatic rings. The lowest BCUT2D eigenvalue weighted by molar-refractivity contribution is 0.110. The summed E-state index contributed by atoms with van der Waals surface area (Å²) in [6, 6.07) is 3.90. The van der Waals surface area contributed by atoms with E-state index in [2.05, 4.69) is 20.8 Å². The van der Waals surface area contributed by atoms with Crippen LogP contribution in [0, 0.1) is 5.92 Å². The monoisotopic (exact) mass is 195 g/mol. The molecule has 1 aromatic heterocycles. The Morgan fingerprint density at radius 3 is 2.43 bits per heavy atom. The molecule has 0 aliphatic heterocycles. The molecule has 0 amide bonds. The number of carbonyl (C=O) groups excluding carboxylic acids is 1. The summed E-state index contributed by atoms with van der Waals surface area (Å²) in [6.45, 7) is 6.45. The lowest BCUT2D eigenvalue weighted by atomic mass is 10.1. The first-order valence-corrected chi connectivity index (χ1v) is 4.84. The first-order valence-electron chi connectivity index (χ1n) is 4.84. The summed E-state index contributed by atoms with van der Waals surface area (Å²) in [7, 11) is 1.97. The highest BCUT2D eigenvalue weighted by atomic mass is 16.4. The van der Waals surface area contributed by atoms with Gasteiger partial charge in [-0.05, 0) is 18.9 Å². The zero-order chi connectivity index (χ0) is 10.7. The van der Waals surface area contributed by atoms with Gasteiger partial charge in [0.05, 0.1) is 0 Å². The summed E-state index contributed by atoms with van der Waals surface area (Å²) in [5, 5.41) is 0. The Morgan fingerprint density at radius 1 is 1.36 bits per heavy atom. The average molecular weight is 195 g/mol. The van der Waals surface area contributed by atoms with Gasteiger partial charge in [0.2, 0.25) is 0 Å². The second kappa shape index (κ2) is 4.31. The van der Waals surface area contributed by atoms with Gasteiger partial charge in [0.25, 0.3) is 0 Å². The fourth-order valence-corrected chi connectivity index (χ4v) is 1.24. The average Bonchev–Trinajstić information content (AvgIpc) is 2.63. The summed E-state index contributed by atoms with van der Waals surface area (Å²) in [4.78, 5) is 12.5. The van der Waals surface area contributed by atoms with Crippen LogP contribution in [0.2, 0.25) is 0 Å². The predicted octanol–water partition coefficient (Wildman–Crippen LogP) is 2.57. The van der Waals surface area contributed by atoms with Crippen LogP contribution >= 0.6 is 0 Å². The Bertz CT molecular complexity index is 304. The van der Waals surface area contributed by atoms with Crippen LogP contribution in [0.1, 0.15) is 31.3 Å². The number of furan rings is 1. The van der Waals surface area contributed by atoms with Crippen molar-refractivity contribution in [1.29, 1.82) is 0 Å². The summed E-state index contributed by atoms with van der Waals surface area (Å²) in [5.74, 6) is 1.67. The van der Waals surface area contributed by atoms with E-state index >= 15 is 0 Å². The molecule has 0 aliphatic carbocycles. The second-order valence-electron chi connectivity index (χ2n) is 3.89. The van der Waals surface area contributed by atoms with Crippen LogP contribution in [0.15, 0.2) is 16.5 Å². The lowest BCUT2D eigenvalue weighted by Gasteiger charge is -2.27. The molecule has 3 heteroatoms. The fraction of sp³-hybridized carbons (Fsp3) is 0.545. The molecule has 14 heavy (non-hydrogen) atoms. The minimum absolute atomic E-state index is 0.378. The molecule has 1 rings (SSSR count). The summed E-state index contributed by atoms with van der Waals surface area (Å²) in [6.07, 6.45) is 0.720. The molecule has 0 spiro atoms. The van der Waals surface area contributed by atoms with Crippen molar-refractivity contribution in [2.24, 2.45) is 5.92 Å². The highest BCUT2D eigenvalue weighted by molar-refractivity contribution is 5.71. The third-order valence-electron chi connectivity index (χ3n) is 2.65. The number of aldehydes is 1. The van der Waals surface area contributed by atoms with E-state index in [-0.39, 0.29) is 0 Å². The number of anilines is 1. The summed E-state index contributed by atoms with van der Waals surface area (Å²) >= 11 is 0. The third-order valence-corrected chi connectivity index (χ3v) is 2.65. The Kier molecular flexibility index (Phi) is 3.33. The van der Waals surface area contributed by atoms with Crippen molar-refractivity contribution in [3.05, 3.63) is 17.9 Å². The van der Waals surface area contributed by atoms with Crippen LogP contribution in [0.3, 0.4) is 0 Å². The molecule has 1 atom stereocenters. The lowest BCUT2D eigenvalue weighted by Crippen LogP contribution is -2.32. The number of nitrogens with zero attached hydrogens (tertiary/aromatic N) is 1. The maximum absolute atomic E-state index is 10.4. The molecule has 0 aromatic carbocycles. The van der Waals surface area contributed by atoms with Crippen LogP contribution in [0.4, 0.5) is 5.88 Å². The number of hydrogen-bond donors (Lipinski definition) is 0. The number of rotatable bonds is 4. The fourth-order valence-electron chi connectivity index (χ4n) is 1.24. The molecular formula is C11H17NO2. The predicted molar refractivity (Wildman–Crippen MR) is 56.8 cm³/mol. The Balaban J connectivity index is 2.78. The highest BCUT2D eigenvalue weighted by Gasteiger charge is 2.16. The van der Waals surface area contributed by atoms with E-state index in [0.717, 1.165) is 12.2 Å². The third kappa shape index (κ3) is 2.16. The van der Waals surface area contributed by atoms with Crippen molar-refractivity contribution in [2.75, 3.05) is 11.9 Å². The molecule has 1 aromatic rings. The van der Waals surface area contributed by atoms with E-state index in [1.54, 1.807) is 6.07 Å². The van der Waals surface area contributed by atoms with E-state index in [1.165, 1.54) is 0 Å². The number of hydrogen-bond acceptors (Lipinski definition) is 3. The van der Waals surface area contributed by atoms with E-state index in [4.69, 9.17) is 4.42 Å². The molecule has 0 saturated carbocycles. The van der Waals surface area contributed by atoms with Gasteiger partial charge < -0.3 is 9.32 Å². The molecule has 0 saturated heterocycles. The summed E-state index contributed by atoms with van der Waals surface area (Å²) in [5.41, 5.74) is 0. The van der Waals surface area contributed by atoms with Crippen LogP contribution in [-0.2, 0) is 0 Å². The van der Waals surface area contributed by atoms with Gasteiger partial charge in [-0.25, -0.2) is 0 Å². The first kappa shape index (κ1) is 10.8. The second-order valence-corrected chi connectivity index (χ2v) is 3.89. The molecular weight excluding hydrogens is 178 g/mol. The topological polar surface area (TPSA) is 33.5 Å². The molecule has 0 bridgehead atoms. The summed E-state index contributed by atoms with van der Waals surface area (Å²) < 4.78 is 5.32. The van der Waals surface area contributed by atoms with Crippen LogP contribution < -0.4 is 4.90 Å². The van der Waals surface area contributed by atoms with Gasteiger partial charge in [0.1, 0.15) is 0 Å². The first-order chi connectivity index (χ1) is 6.56. The zero-order valence-electron chi connectivity index (χ0n) is 9.15. The SMILES string of the molecule is CC(C)C(C)N(C)c1ccc(C=O)o1. The normalized spacial score (nSPS) is 12.9. The van der Waals surface area contributed by atoms with E-state index in [1.807, 2.05) is 18.0 Å². The standard InChI is InChI=1S/C11H17NO2/c1-8(2)9(3)12(4)11-6-5-10(7-13)14-11/h5-9H,1-4H3. The van der Waals surface area contributed by atoms with Crippen molar-refractivity contribution in [3.63, 3.8) is 0 Å². The quantitative estimate of drug-likeness (QED) is 0.692. The Hall–Kier alpha value is -1.25. The minimum Gasteiger partial charge on any atom is -0.438 e. The van der Waals surface area contributed by atoms with Crippen LogP contribution in [-0.4, -0.2) is 19.4 Å². The maximum atomic E-state index is 10.4. The zero-order valence-corrected chi connectivity index (χ0v) is 9.15. The van der Waals surface area contributed by atoms with Crippen molar-refractivity contribution < 1.29 is 9.21 Å². The van der Waals surface area contributed by atoms with Crippen molar-refractivity contribution in [2.45, 2.75) is 26.8 Å². The smallest absolute Gasteiger partial charge is 0.196 e.